The van der Waals surface area contributed by atoms with E-state index in [0.29, 0.717) is 0 Å². The standard InChI is InChI=1S/C4H10N2O7S/c5-1-3(6,13-14(11)12-1)4(9,10)2(7)8/h1-2,7-10H,5-6H2. The lowest BCUT2D eigenvalue weighted by Gasteiger charge is -2.37. The molecule has 1 fully saturated rings. The van der Waals surface area contributed by atoms with Crippen molar-refractivity contribution < 1.29 is 33.0 Å². The molecule has 9 nitrogen and oxygen atoms in total. The zero-order valence-corrected chi connectivity index (χ0v) is 7.55. The molecule has 0 spiro atoms. The molecule has 0 bridgehead atoms. The normalized spacial score (nSPS) is 39.4. The molecule has 1 aliphatic rings. The van der Waals surface area contributed by atoms with Gasteiger partial charge >= 0.3 is 11.4 Å². The van der Waals surface area contributed by atoms with Gasteiger partial charge < -0.3 is 26.2 Å². The molecule has 1 saturated heterocycles. The number of aliphatic hydroxyl groups excluding tert-OH is 1. The molecule has 0 radical (unpaired) electrons. The highest BCUT2D eigenvalue weighted by Crippen LogP contribution is 2.31. The Labute approximate surface area is 80.7 Å². The third-order valence-electron chi connectivity index (χ3n) is 1.75. The average molecular weight is 230 g/mol. The molecule has 1 aliphatic heterocycles. The van der Waals surface area contributed by atoms with E-state index in [4.69, 9.17) is 31.9 Å². The van der Waals surface area contributed by atoms with Crippen molar-refractivity contribution in [2.75, 3.05) is 0 Å². The van der Waals surface area contributed by atoms with Crippen LogP contribution in [0.3, 0.4) is 0 Å². The molecule has 8 N–H and O–H groups in total. The van der Waals surface area contributed by atoms with E-state index in [2.05, 4.69) is 8.37 Å². The molecule has 3 unspecified atom stereocenters. The van der Waals surface area contributed by atoms with Gasteiger partial charge in [-0.1, -0.05) is 0 Å². The van der Waals surface area contributed by atoms with Crippen molar-refractivity contribution in [3.63, 3.8) is 0 Å². The Morgan fingerprint density at radius 1 is 1.50 bits per heavy atom. The molecule has 0 saturated carbocycles. The Kier molecular flexibility index (Phi) is 2.93. The van der Waals surface area contributed by atoms with E-state index in [1.807, 2.05) is 0 Å². The Morgan fingerprint density at radius 2 is 2.00 bits per heavy atom. The number of aliphatic hydroxyl groups is 4. The summed E-state index contributed by atoms with van der Waals surface area (Å²) in [7, 11) is 0. The maximum atomic E-state index is 10.7. The highest BCUT2D eigenvalue weighted by atomic mass is 32.2. The van der Waals surface area contributed by atoms with E-state index >= 15 is 0 Å². The summed E-state index contributed by atoms with van der Waals surface area (Å²) < 4.78 is 19.2. The molecule has 1 heterocycles. The van der Waals surface area contributed by atoms with Crippen LogP contribution < -0.4 is 11.5 Å². The third-order valence-corrected chi connectivity index (χ3v) is 2.52. The minimum absolute atomic E-state index is 1.68. The second kappa shape index (κ2) is 3.44. The Bertz CT molecular complexity index is 258. The van der Waals surface area contributed by atoms with Gasteiger partial charge in [-0.3, -0.25) is 5.73 Å². The smallest absolute Gasteiger partial charge is 0.308 e. The Morgan fingerprint density at radius 3 is 2.29 bits per heavy atom. The van der Waals surface area contributed by atoms with Gasteiger partial charge in [0.2, 0.25) is 12.0 Å². The largest absolute Gasteiger partial charge is 0.364 e. The SMILES string of the molecule is NC1OS(=O)OC1(N)C(O)(O)C(O)O. The fourth-order valence-electron chi connectivity index (χ4n) is 0.808. The van der Waals surface area contributed by atoms with E-state index < -0.39 is 35.4 Å². The maximum Gasteiger partial charge on any atom is 0.308 e. The Hall–Kier alpha value is -0.170. The summed E-state index contributed by atoms with van der Waals surface area (Å²) in [5, 5.41) is 35.5. The predicted molar refractivity (Wildman–Crippen MR) is 40.6 cm³/mol. The molecule has 0 aromatic carbocycles. The lowest BCUT2D eigenvalue weighted by atomic mass is 10.0. The van der Waals surface area contributed by atoms with Gasteiger partial charge in [0.1, 0.15) is 0 Å². The molecule has 0 aromatic rings. The fourth-order valence-corrected chi connectivity index (χ4v) is 1.60. The second-order valence-corrected chi connectivity index (χ2v) is 3.46. The number of rotatable bonds is 2. The lowest BCUT2D eigenvalue weighted by Crippen LogP contribution is -2.72. The van der Waals surface area contributed by atoms with E-state index in [1.165, 1.54) is 0 Å². The Balaban J connectivity index is 3.00. The highest BCUT2D eigenvalue weighted by molar-refractivity contribution is 7.75. The van der Waals surface area contributed by atoms with E-state index in [1.54, 1.807) is 0 Å². The van der Waals surface area contributed by atoms with Gasteiger partial charge in [-0.25, -0.2) is 8.37 Å². The number of hydrogen-bond acceptors (Lipinski definition) is 9. The van der Waals surface area contributed by atoms with Gasteiger partial charge in [0.05, 0.1) is 0 Å². The second-order valence-electron chi connectivity index (χ2n) is 2.70. The molecule has 10 heteroatoms. The van der Waals surface area contributed by atoms with Gasteiger partial charge in [0, 0.05) is 0 Å². The number of nitrogens with two attached hydrogens (primary N) is 2. The van der Waals surface area contributed by atoms with Crippen molar-refractivity contribution in [1.29, 1.82) is 0 Å². The first kappa shape index (κ1) is 11.9. The summed E-state index contributed by atoms with van der Waals surface area (Å²) in [6.45, 7) is 0. The van der Waals surface area contributed by atoms with Gasteiger partial charge in [-0.15, -0.1) is 0 Å². The van der Waals surface area contributed by atoms with Gasteiger partial charge in [-0.2, -0.15) is 4.21 Å². The number of hydrogen-bond donors (Lipinski definition) is 6. The zero-order chi connectivity index (χ0) is 11.1. The third kappa shape index (κ3) is 1.56. The quantitative estimate of drug-likeness (QED) is 0.256. The topological polar surface area (TPSA) is 168 Å². The maximum absolute atomic E-state index is 10.7. The monoisotopic (exact) mass is 230 g/mol. The van der Waals surface area contributed by atoms with Gasteiger partial charge in [0.25, 0.3) is 5.79 Å². The fraction of sp³-hybridized carbons (Fsp3) is 1.00. The van der Waals surface area contributed by atoms with Crippen LogP contribution in [0.15, 0.2) is 0 Å². The summed E-state index contributed by atoms with van der Waals surface area (Å²) in [6.07, 6.45) is -4.34. The minimum atomic E-state index is -3.31. The van der Waals surface area contributed by atoms with Gasteiger partial charge in [0.15, 0.2) is 6.23 Å². The first-order valence-electron chi connectivity index (χ1n) is 3.35. The van der Waals surface area contributed by atoms with Crippen LogP contribution in [0.4, 0.5) is 0 Å². The summed E-state index contributed by atoms with van der Waals surface area (Å²) in [6, 6.07) is 0. The molecule has 3 atom stereocenters. The first-order valence-corrected chi connectivity index (χ1v) is 4.35. The summed E-state index contributed by atoms with van der Waals surface area (Å²) in [5.74, 6) is -3.31. The first-order chi connectivity index (χ1) is 6.22. The lowest BCUT2D eigenvalue weighted by molar-refractivity contribution is -0.354. The van der Waals surface area contributed by atoms with E-state index in [-0.39, 0.29) is 0 Å². The molecule has 0 amide bonds. The molecular formula is C4H10N2O7S. The van der Waals surface area contributed by atoms with Crippen molar-refractivity contribution in [2.24, 2.45) is 11.5 Å². The van der Waals surface area contributed by atoms with Crippen molar-refractivity contribution in [3.05, 3.63) is 0 Å². The van der Waals surface area contributed by atoms with E-state index in [0.717, 1.165) is 0 Å². The van der Waals surface area contributed by atoms with Crippen molar-refractivity contribution in [3.8, 4) is 0 Å². The molecule has 0 aromatic heterocycles. The van der Waals surface area contributed by atoms with Crippen LogP contribution in [-0.4, -0.2) is 48.7 Å². The summed E-state index contributed by atoms with van der Waals surface area (Å²) in [4.78, 5) is 0. The van der Waals surface area contributed by atoms with E-state index in [9.17, 15) is 4.21 Å². The molecule has 1 rings (SSSR count). The van der Waals surface area contributed by atoms with Crippen LogP contribution >= 0.6 is 0 Å². The molecule has 14 heavy (non-hydrogen) atoms. The van der Waals surface area contributed by atoms with Crippen molar-refractivity contribution >= 4 is 11.4 Å². The van der Waals surface area contributed by atoms with Crippen LogP contribution in [0, 0.1) is 0 Å². The zero-order valence-electron chi connectivity index (χ0n) is 6.73. The van der Waals surface area contributed by atoms with Crippen LogP contribution in [0.2, 0.25) is 0 Å². The van der Waals surface area contributed by atoms with Crippen LogP contribution in [0.25, 0.3) is 0 Å². The van der Waals surface area contributed by atoms with Crippen LogP contribution in [0.5, 0.6) is 0 Å². The van der Waals surface area contributed by atoms with Crippen LogP contribution in [-0.2, 0) is 19.7 Å². The summed E-state index contributed by atoms with van der Waals surface area (Å²) >= 11 is -2.38. The minimum Gasteiger partial charge on any atom is -0.364 e. The molecule has 84 valence electrons. The van der Waals surface area contributed by atoms with Gasteiger partial charge in [-0.05, 0) is 0 Å². The molecular weight excluding hydrogens is 220 g/mol. The van der Waals surface area contributed by atoms with Crippen molar-refractivity contribution in [2.45, 2.75) is 24.0 Å². The predicted octanol–water partition coefficient (Wildman–Crippen LogP) is -4.46. The van der Waals surface area contributed by atoms with Crippen LogP contribution in [0.1, 0.15) is 0 Å². The van der Waals surface area contributed by atoms with Crippen molar-refractivity contribution in [1.82, 2.24) is 0 Å². The summed E-state index contributed by atoms with van der Waals surface area (Å²) in [5.41, 5.74) is 7.72. The highest BCUT2D eigenvalue weighted by Gasteiger charge is 2.63. The average Bonchev–Trinajstić information content (AvgIpc) is 2.27. The molecule has 0 aliphatic carbocycles.